The Bertz CT molecular complexity index is 205. The number of carbonyl (C=O) groups is 1. The topological polar surface area (TPSA) is 52.3 Å². The number of rotatable bonds is 1. The lowest BCUT2D eigenvalue weighted by Crippen LogP contribution is -2.44. The lowest BCUT2D eigenvalue weighted by molar-refractivity contribution is -0.145. The predicted octanol–water partition coefficient (Wildman–Crippen LogP) is 0.533. The third-order valence-corrected chi connectivity index (χ3v) is 3.41. The van der Waals surface area contributed by atoms with Crippen molar-refractivity contribution in [1.82, 2.24) is 0 Å². The van der Waals surface area contributed by atoms with Gasteiger partial charge in [-0.15, -0.1) is 0 Å². The number of carbonyl (C=O) groups excluding carboxylic acids is 1. The van der Waals surface area contributed by atoms with Crippen LogP contribution in [0.15, 0.2) is 0 Å². The Hall–Kier alpha value is -0.570. The molecule has 0 aromatic heterocycles. The normalized spacial score (nSPS) is 44.8. The van der Waals surface area contributed by atoms with Crippen molar-refractivity contribution in [3.63, 3.8) is 0 Å². The van der Waals surface area contributed by atoms with Crippen LogP contribution in [-0.2, 0) is 9.53 Å². The zero-order valence-electron chi connectivity index (χ0n) is 7.32. The predicted molar refractivity (Wildman–Crippen MR) is 44.3 cm³/mol. The Morgan fingerprint density at radius 1 is 1.42 bits per heavy atom. The van der Waals surface area contributed by atoms with E-state index in [4.69, 9.17) is 10.5 Å². The van der Waals surface area contributed by atoms with Crippen molar-refractivity contribution in [1.29, 1.82) is 0 Å². The van der Waals surface area contributed by atoms with Crippen molar-refractivity contribution < 1.29 is 9.53 Å². The van der Waals surface area contributed by atoms with Crippen LogP contribution in [0.25, 0.3) is 0 Å². The molecule has 0 unspecified atom stereocenters. The third kappa shape index (κ3) is 1.04. The number of hydrogen-bond donors (Lipinski definition) is 1. The number of esters is 1. The minimum atomic E-state index is -0.0448. The van der Waals surface area contributed by atoms with Gasteiger partial charge in [0.1, 0.15) is 0 Å². The second-order valence-electron chi connectivity index (χ2n) is 4.01. The summed E-state index contributed by atoms with van der Waals surface area (Å²) in [5.41, 5.74) is 5.82. The van der Waals surface area contributed by atoms with Crippen molar-refractivity contribution in [3.8, 4) is 0 Å². The summed E-state index contributed by atoms with van der Waals surface area (Å²) in [6, 6.07) is 0.352. The van der Waals surface area contributed by atoms with Gasteiger partial charge in [0, 0.05) is 6.04 Å². The van der Waals surface area contributed by atoms with Crippen LogP contribution in [0, 0.1) is 17.8 Å². The van der Waals surface area contributed by atoms with Gasteiger partial charge in [0.15, 0.2) is 0 Å². The maximum absolute atomic E-state index is 11.2. The van der Waals surface area contributed by atoms with Gasteiger partial charge in [0.2, 0.25) is 0 Å². The summed E-state index contributed by atoms with van der Waals surface area (Å²) in [7, 11) is 1.46. The Labute approximate surface area is 72.3 Å². The first-order chi connectivity index (χ1) is 5.72. The molecule has 2 aliphatic carbocycles. The molecule has 12 heavy (non-hydrogen) atoms. The molecule has 2 rings (SSSR count). The molecule has 0 aliphatic heterocycles. The monoisotopic (exact) mass is 169 g/mol. The van der Waals surface area contributed by atoms with Gasteiger partial charge < -0.3 is 10.5 Å². The van der Waals surface area contributed by atoms with Gasteiger partial charge in [0.25, 0.3) is 0 Å². The Morgan fingerprint density at radius 3 is 2.67 bits per heavy atom. The van der Waals surface area contributed by atoms with Crippen molar-refractivity contribution >= 4 is 5.97 Å². The first-order valence-electron chi connectivity index (χ1n) is 4.55. The average molecular weight is 169 g/mol. The lowest BCUT2D eigenvalue weighted by Gasteiger charge is -2.37. The Morgan fingerprint density at radius 2 is 2.17 bits per heavy atom. The van der Waals surface area contributed by atoms with Crippen molar-refractivity contribution in [2.24, 2.45) is 23.5 Å². The number of nitrogens with two attached hydrogens (primary N) is 1. The molecule has 3 heteroatoms. The van der Waals surface area contributed by atoms with E-state index in [1.807, 2.05) is 0 Å². The fraction of sp³-hybridized carbons (Fsp3) is 0.889. The molecule has 0 radical (unpaired) electrons. The minimum absolute atomic E-state index is 0.0448. The molecule has 68 valence electrons. The zero-order valence-corrected chi connectivity index (χ0v) is 7.32. The molecular formula is C9H15NO2. The van der Waals surface area contributed by atoms with Crippen molar-refractivity contribution in [2.45, 2.75) is 25.3 Å². The van der Waals surface area contributed by atoms with Gasteiger partial charge in [-0.1, -0.05) is 0 Å². The summed E-state index contributed by atoms with van der Waals surface area (Å²) >= 11 is 0. The highest BCUT2D eigenvalue weighted by atomic mass is 16.5. The van der Waals surface area contributed by atoms with Crippen LogP contribution in [0.2, 0.25) is 0 Å². The summed E-state index contributed by atoms with van der Waals surface area (Å²) in [5, 5.41) is 0. The molecule has 2 saturated carbocycles. The molecule has 0 aromatic carbocycles. The molecule has 0 aromatic rings. The van der Waals surface area contributed by atoms with Gasteiger partial charge in [0.05, 0.1) is 13.0 Å². The minimum Gasteiger partial charge on any atom is -0.469 e. The van der Waals surface area contributed by atoms with E-state index >= 15 is 0 Å². The molecule has 0 heterocycles. The summed E-state index contributed by atoms with van der Waals surface area (Å²) < 4.78 is 4.71. The maximum Gasteiger partial charge on any atom is 0.308 e. The molecule has 2 aliphatic rings. The van der Waals surface area contributed by atoms with Crippen LogP contribution in [0.1, 0.15) is 19.3 Å². The molecule has 0 saturated heterocycles. The van der Waals surface area contributed by atoms with E-state index in [0.29, 0.717) is 17.9 Å². The van der Waals surface area contributed by atoms with E-state index < -0.39 is 0 Å². The molecule has 2 N–H and O–H groups in total. The zero-order chi connectivity index (χ0) is 8.72. The molecule has 0 spiro atoms. The van der Waals surface area contributed by atoms with Crippen LogP contribution < -0.4 is 5.73 Å². The Balaban J connectivity index is 1.94. The van der Waals surface area contributed by atoms with E-state index in [9.17, 15) is 4.79 Å². The highest BCUT2D eigenvalue weighted by Gasteiger charge is 2.48. The highest BCUT2D eigenvalue weighted by molar-refractivity contribution is 5.72. The Kier molecular flexibility index (Phi) is 1.83. The SMILES string of the molecule is COC(=O)[C@@H]1C[C@H]2C[C@@H](N)[C@H]2C1. The van der Waals surface area contributed by atoms with E-state index in [2.05, 4.69) is 0 Å². The van der Waals surface area contributed by atoms with Crippen LogP contribution in [-0.4, -0.2) is 19.1 Å². The van der Waals surface area contributed by atoms with E-state index in [1.165, 1.54) is 7.11 Å². The largest absolute Gasteiger partial charge is 0.469 e. The standard InChI is InChI=1S/C9H15NO2/c1-12-9(11)6-2-5-4-8(10)7(5)3-6/h5-8H,2-4,10H2,1H3/t5-,6+,7-,8+/m0/s1. The second kappa shape index (κ2) is 2.73. The number of ether oxygens (including phenoxy) is 1. The summed E-state index contributed by atoms with van der Waals surface area (Å²) in [6.45, 7) is 0. The number of methoxy groups -OCH3 is 1. The molecule has 4 atom stereocenters. The fourth-order valence-electron chi connectivity index (χ4n) is 2.64. The van der Waals surface area contributed by atoms with Gasteiger partial charge >= 0.3 is 5.97 Å². The smallest absolute Gasteiger partial charge is 0.308 e. The van der Waals surface area contributed by atoms with Crippen LogP contribution in [0.3, 0.4) is 0 Å². The molecule has 0 amide bonds. The number of hydrogen-bond acceptors (Lipinski definition) is 3. The van der Waals surface area contributed by atoms with E-state index in [0.717, 1.165) is 19.3 Å². The molecular weight excluding hydrogens is 154 g/mol. The van der Waals surface area contributed by atoms with E-state index in [1.54, 1.807) is 0 Å². The summed E-state index contributed by atoms with van der Waals surface area (Å²) in [5.74, 6) is 1.41. The second-order valence-corrected chi connectivity index (χ2v) is 4.01. The van der Waals surface area contributed by atoms with Gasteiger partial charge in [-0.05, 0) is 31.1 Å². The number of fused-ring (bicyclic) bond motifs is 1. The quantitative estimate of drug-likeness (QED) is 0.583. The van der Waals surface area contributed by atoms with Gasteiger partial charge in [-0.25, -0.2) is 0 Å². The maximum atomic E-state index is 11.2. The first kappa shape index (κ1) is 8.05. The van der Waals surface area contributed by atoms with Gasteiger partial charge in [-0.2, -0.15) is 0 Å². The van der Waals surface area contributed by atoms with Crippen molar-refractivity contribution in [3.05, 3.63) is 0 Å². The first-order valence-corrected chi connectivity index (χ1v) is 4.55. The molecule has 0 bridgehead atoms. The molecule has 2 fully saturated rings. The fourth-order valence-corrected chi connectivity index (χ4v) is 2.64. The summed E-state index contributed by atoms with van der Waals surface area (Å²) in [4.78, 5) is 11.2. The highest BCUT2D eigenvalue weighted by Crippen LogP contribution is 2.48. The third-order valence-electron chi connectivity index (χ3n) is 3.41. The summed E-state index contributed by atoms with van der Waals surface area (Å²) in [6.07, 6.45) is 3.07. The van der Waals surface area contributed by atoms with Crippen LogP contribution in [0.5, 0.6) is 0 Å². The van der Waals surface area contributed by atoms with Crippen molar-refractivity contribution in [2.75, 3.05) is 7.11 Å². The lowest BCUT2D eigenvalue weighted by atomic mass is 9.72. The molecule has 3 nitrogen and oxygen atoms in total. The van der Waals surface area contributed by atoms with Crippen LogP contribution in [0.4, 0.5) is 0 Å². The average Bonchev–Trinajstić information content (AvgIpc) is 2.41. The van der Waals surface area contributed by atoms with Crippen LogP contribution >= 0.6 is 0 Å². The van der Waals surface area contributed by atoms with E-state index in [-0.39, 0.29) is 11.9 Å². The van der Waals surface area contributed by atoms with Gasteiger partial charge in [-0.3, -0.25) is 4.79 Å².